The second-order valence-electron chi connectivity index (χ2n) is 4.70. The number of hydrogen-bond donors (Lipinski definition) is 1. The highest BCUT2D eigenvalue weighted by atomic mass is 32.9. The van der Waals surface area contributed by atoms with Gasteiger partial charge in [0.05, 0.1) is 6.61 Å². The molecule has 0 aliphatic carbocycles. The summed E-state index contributed by atoms with van der Waals surface area (Å²) in [4.78, 5) is 9.80. The average Bonchev–Trinajstić information content (AvgIpc) is 2.08. The molecule has 98 valence electrons. The monoisotopic (exact) mass is 284 g/mol. The Hall–Kier alpha value is 0.920. The lowest BCUT2D eigenvalue weighted by molar-refractivity contribution is 0.306. The van der Waals surface area contributed by atoms with Crippen molar-refractivity contribution in [1.29, 1.82) is 0 Å². The van der Waals surface area contributed by atoms with Gasteiger partial charge in [0.2, 0.25) is 5.69 Å². The predicted molar refractivity (Wildman–Crippen MR) is 78.5 cm³/mol. The van der Waals surface area contributed by atoms with Gasteiger partial charge in [-0.05, 0) is 24.1 Å². The Morgan fingerprint density at radius 2 is 1.81 bits per heavy atom. The average molecular weight is 284 g/mol. The maximum atomic E-state index is 9.80. The van der Waals surface area contributed by atoms with Gasteiger partial charge in [-0.25, -0.2) is 0 Å². The van der Waals surface area contributed by atoms with Gasteiger partial charge in [0, 0.05) is 5.25 Å². The van der Waals surface area contributed by atoms with Crippen LogP contribution in [0.4, 0.5) is 0 Å². The third-order valence-electron chi connectivity index (χ3n) is 2.02. The summed E-state index contributed by atoms with van der Waals surface area (Å²) in [6, 6.07) is 0. The van der Waals surface area contributed by atoms with Crippen LogP contribution in [0.1, 0.15) is 53.4 Å². The Morgan fingerprint density at radius 1 is 1.19 bits per heavy atom. The Labute approximate surface area is 109 Å². The van der Waals surface area contributed by atoms with Crippen molar-refractivity contribution in [2.24, 2.45) is 5.92 Å². The molecule has 0 aliphatic rings. The zero-order valence-corrected chi connectivity index (χ0v) is 13.3. The van der Waals surface area contributed by atoms with Crippen molar-refractivity contribution < 1.29 is 9.42 Å². The molecule has 16 heavy (non-hydrogen) atoms. The van der Waals surface area contributed by atoms with Gasteiger partial charge in [-0.2, -0.15) is 0 Å². The molecule has 5 heteroatoms. The van der Waals surface area contributed by atoms with Gasteiger partial charge in [-0.15, -0.1) is 0 Å². The summed E-state index contributed by atoms with van der Waals surface area (Å²) in [5, 5.41) is 0.330. The zero-order valence-electron chi connectivity index (χ0n) is 10.8. The molecule has 0 spiro atoms. The van der Waals surface area contributed by atoms with Crippen molar-refractivity contribution in [3.05, 3.63) is 0 Å². The summed E-state index contributed by atoms with van der Waals surface area (Å²) >= 11 is 6.43. The summed E-state index contributed by atoms with van der Waals surface area (Å²) in [5.74, 6) is 0.779. The van der Waals surface area contributed by atoms with Gasteiger partial charge >= 0.3 is 0 Å². The third kappa shape index (κ3) is 11.4. The van der Waals surface area contributed by atoms with Crippen LogP contribution >= 0.6 is 17.1 Å². The van der Waals surface area contributed by atoms with Crippen molar-refractivity contribution in [2.75, 3.05) is 6.61 Å². The number of hydrogen-bond acceptors (Lipinski definition) is 3. The van der Waals surface area contributed by atoms with Crippen LogP contribution in [0.5, 0.6) is 0 Å². The molecule has 1 unspecified atom stereocenters. The van der Waals surface area contributed by atoms with E-state index in [4.69, 9.17) is 16.3 Å². The topological polar surface area (TPSA) is 29.5 Å². The van der Waals surface area contributed by atoms with E-state index in [2.05, 4.69) is 13.8 Å². The van der Waals surface area contributed by atoms with Crippen LogP contribution < -0.4 is 0 Å². The molecule has 0 heterocycles. The van der Waals surface area contributed by atoms with Crippen LogP contribution in [-0.4, -0.2) is 16.8 Å². The zero-order chi connectivity index (χ0) is 12.6. The summed E-state index contributed by atoms with van der Waals surface area (Å²) in [6.45, 7) is 9.13. The highest BCUT2D eigenvalue weighted by Gasteiger charge is 2.16. The first-order chi connectivity index (χ1) is 7.33. The normalized spacial score (nSPS) is 15.7. The van der Waals surface area contributed by atoms with Gasteiger partial charge in [-0.1, -0.05) is 58.3 Å². The summed E-state index contributed by atoms with van der Waals surface area (Å²) in [5.41, 5.74) is -2.57. The van der Waals surface area contributed by atoms with Crippen LogP contribution in [-0.2, 0) is 16.3 Å². The van der Waals surface area contributed by atoms with E-state index in [0.717, 1.165) is 12.3 Å². The number of unbranched alkanes of at least 4 members (excludes halogenated alkanes) is 2. The van der Waals surface area contributed by atoms with E-state index in [-0.39, 0.29) is 0 Å². The van der Waals surface area contributed by atoms with Crippen molar-refractivity contribution in [2.45, 2.75) is 58.6 Å². The molecular weight excluding hydrogens is 259 g/mol. The Bertz CT molecular complexity index is 220. The van der Waals surface area contributed by atoms with Gasteiger partial charge in [-0.3, -0.25) is 0 Å². The highest BCUT2D eigenvalue weighted by Crippen LogP contribution is 2.57. The minimum Gasteiger partial charge on any atom is -0.337 e. The fraction of sp³-hybridized carbons (Fsp3) is 1.00. The van der Waals surface area contributed by atoms with Crippen molar-refractivity contribution in [3.63, 3.8) is 0 Å². The van der Waals surface area contributed by atoms with Crippen LogP contribution in [0.2, 0.25) is 0 Å². The molecular formula is C11H25O2PS2. The molecule has 0 bridgehead atoms. The molecule has 0 amide bonds. The summed E-state index contributed by atoms with van der Waals surface area (Å²) in [6.07, 6.45) is 4.69. The fourth-order valence-corrected chi connectivity index (χ4v) is 6.04. The Kier molecular flexibility index (Phi) is 9.44. The molecule has 0 rings (SSSR count). The van der Waals surface area contributed by atoms with E-state index in [1.54, 1.807) is 0 Å². The molecule has 0 aromatic carbocycles. The SMILES string of the molecule is CC(C)CCCCCOP(O)(=S)SC(C)C. The maximum absolute atomic E-state index is 9.80. The molecule has 1 N–H and O–H groups in total. The smallest absolute Gasteiger partial charge is 0.244 e. The standard InChI is InChI=1S/C11H25O2PS2/c1-10(2)8-6-5-7-9-13-14(12,15)16-11(3)4/h10-11H,5-9H2,1-4H3,(H,12,15). The molecule has 0 aromatic heterocycles. The van der Waals surface area contributed by atoms with E-state index in [1.165, 1.54) is 30.6 Å². The third-order valence-corrected chi connectivity index (χ3v) is 6.69. The van der Waals surface area contributed by atoms with Gasteiger partial charge in [0.15, 0.2) is 0 Å². The van der Waals surface area contributed by atoms with Crippen LogP contribution in [0, 0.1) is 5.92 Å². The highest BCUT2D eigenvalue weighted by molar-refractivity contribution is 8.67. The van der Waals surface area contributed by atoms with E-state index >= 15 is 0 Å². The van der Waals surface area contributed by atoms with Gasteiger partial charge in [0.25, 0.3) is 0 Å². The predicted octanol–water partition coefficient (Wildman–Crippen LogP) is 4.58. The Morgan fingerprint density at radius 3 is 2.31 bits per heavy atom. The number of rotatable bonds is 9. The van der Waals surface area contributed by atoms with Crippen molar-refractivity contribution >= 4 is 28.9 Å². The van der Waals surface area contributed by atoms with Crippen molar-refractivity contribution in [1.82, 2.24) is 0 Å². The Balaban J connectivity index is 3.47. The molecule has 0 saturated heterocycles. The maximum Gasteiger partial charge on any atom is 0.244 e. The van der Waals surface area contributed by atoms with E-state index < -0.39 is 5.69 Å². The molecule has 0 aliphatic heterocycles. The second kappa shape index (κ2) is 8.93. The quantitative estimate of drug-likeness (QED) is 0.496. The van der Waals surface area contributed by atoms with Gasteiger partial charge < -0.3 is 9.42 Å². The molecule has 1 atom stereocenters. The van der Waals surface area contributed by atoms with Crippen LogP contribution in [0.15, 0.2) is 0 Å². The molecule has 0 fully saturated rings. The van der Waals surface area contributed by atoms with Gasteiger partial charge in [0.1, 0.15) is 0 Å². The first kappa shape index (κ1) is 16.9. The van der Waals surface area contributed by atoms with E-state index in [0.29, 0.717) is 11.9 Å². The lowest BCUT2D eigenvalue weighted by Gasteiger charge is -2.16. The summed E-state index contributed by atoms with van der Waals surface area (Å²) in [7, 11) is 0. The van der Waals surface area contributed by atoms with Crippen molar-refractivity contribution in [3.8, 4) is 0 Å². The lowest BCUT2D eigenvalue weighted by Crippen LogP contribution is -1.95. The van der Waals surface area contributed by atoms with Crippen LogP contribution in [0.3, 0.4) is 0 Å². The largest absolute Gasteiger partial charge is 0.337 e. The van der Waals surface area contributed by atoms with E-state index in [1.807, 2.05) is 13.8 Å². The second-order valence-corrected chi connectivity index (χ2v) is 11.3. The molecule has 0 radical (unpaired) electrons. The molecule has 2 nitrogen and oxygen atoms in total. The van der Waals surface area contributed by atoms with E-state index in [9.17, 15) is 4.89 Å². The van der Waals surface area contributed by atoms with Crippen LogP contribution in [0.25, 0.3) is 0 Å². The first-order valence-corrected chi connectivity index (χ1v) is 10.1. The lowest BCUT2D eigenvalue weighted by atomic mass is 10.1. The summed E-state index contributed by atoms with van der Waals surface area (Å²) < 4.78 is 5.39. The molecule has 0 aromatic rings. The first-order valence-electron chi connectivity index (χ1n) is 5.99. The minimum atomic E-state index is -2.57. The minimum absolute atomic E-state index is 0.330. The molecule has 0 saturated carbocycles. The fourth-order valence-electron chi connectivity index (χ4n) is 1.31.